The van der Waals surface area contributed by atoms with E-state index in [9.17, 15) is 14.7 Å². The summed E-state index contributed by atoms with van der Waals surface area (Å²) in [5.41, 5.74) is 3.17. The Morgan fingerprint density at radius 2 is 1.77 bits per heavy atom. The van der Waals surface area contributed by atoms with Crippen LogP contribution in [-0.4, -0.2) is 66.0 Å². The maximum absolute atomic E-state index is 13.4. The highest BCUT2D eigenvalue weighted by Crippen LogP contribution is 2.41. The Balaban J connectivity index is 1.42. The average molecular weight is 606 g/mol. The van der Waals surface area contributed by atoms with Gasteiger partial charge in [-0.15, -0.1) is 0 Å². The van der Waals surface area contributed by atoms with Crippen molar-refractivity contribution in [3.8, 4) is 5.75 Å². The molecule has 2 aliphatic heterocycles. The van der Waals surface area contributed by atoms with Gasteiger partial charge in [0.05, 0.1) is 24.8 Å². The van der Waals surface area contributed by atoms with Crippen LogP contribution in [0.3, 0.4) is 0 Å². The minimum absolute atomic E-state index is 0.107. The number of halogens is 1. The highest BCUT2D eigenvalue weighted by atomic mass is 79.9. The monoisotopic (exact) mass is 604 g/mol. The van der Waals surface area contributed by atoms with Crippen LogP contribution < -0.4 is 4.74 Å². The van der Waals surface area contributed by atoms with Crippen molar-refractivity contribution in [3.05, 3.63) is 105 Å². The number of likely N-dealkylation sites (tertiary alicyclic amines) is 1. The number of ketones is 1. The molecule has 1 atom stereocenters. The molecule has 3 aromatic rings. The molecule has 3 aromatic carbocycles. The molecule has 0 unspecified atom stereocenters. The molecule has 0 bridgehead atoms. The Morgan fingerprint density at radius 1 is 1.00 bits per heavy atom. The van der Waals surface area contributed by atoms with E-state index < -0.39 is 17.7 Å². The standard InChI is InChI=1S/C32H33BrN2O5/c1-22-19-26(40-21-23-7-3-2-4-8-23)11-12-27(22)30(36)28-29(24-9-5-10-25(33)20-24)35(32(38)31(28)37)14-6-13-34-15-17-39-18-16-34/h2-5,7-12,19-20,29,36H,6,13-18,21H2,1H3/t29-/m1/s1. The predicted molar refractivity (Wildman–Crippen MR) is 157 cm³/mol. The summed E-state index contributed by atoms with van der Waals surface area (Å²) in [4.78, 5) is 30.7. The number of aliphatic hydroxyl groups excluding tert-OH is 1. The third kappa shape index (κ3) is 6.30. The smallest absolute Gasteiger partial charge is 0.295 e. The van der Waals surface area contributed by atoms with Crippen molar-refractivity contribution < 1.29 is 24.2 Å². The van der Waals surface area contributed by atoms with E-state index in [2.05, 4.69) is 20.8 Å². The summed E-state index contributed by atoms with van der Waals surface area (Å²) in [5.74, 6) is -0.775. The molecule has 0 spiro atoms. The van der Waals surface area contributed by atoms with E-state index in [-0.39, 0.29) is 11.3 Å². The molecule has 0 aliphatic carbocycles. The molecular weight excluding hydrogens is 572 g/mol. The van der Waals surface area contributed by atoms with E-state index in [0.717, 1.165) is 40.8 Å². The van der Waals surface area contributed by atoms with E-state index in [1.807, 2.05) is 67.6 Å². The average Bonchev–Trinajstić information content (AvgIpc) is 3.22. The Hall–Kier alpha value is -3.46. The molecule has 208 valence electrons. The molecule has 0 radical (unpaired) electrons. The van der Waals surface area contributed by atoms with Crippen molar-refractivity contribution in [1.29, 1.82) is 0 Å². The first-order valence-electron chi connectivity index (χ1n) is 13.5. The Labute approximate surface area is 243 Å². The normalized spacial score (nSPS) is 19.2. The van der Waals surface area contributed by atoms with Gasteiger partial charge in [0.1, 0.15) is 18.1 Å². The summed E-state index contributed by atoms with van der Waals surface area (Å²) in [6.45, 7) is 6.62. The highest BCUT2D eigenvalue weighted by molar-refractivity contribution is 9.10. The molecule has 0 saturated carbocycles. The Kier molecular flexibility index (Phi) is 8.99. The van der Waals surface area contributed by atoms with Gasteiger partial charge >= 0.3 is 0 Å². The van der Waals surface area contributed by atoms with Crippen molar-refractivity contribution in [2.24, 2.45) is 0 Å². The molecule has 2 aliphatic rings. The molecule has 8 heteroatoms. The fraction of sp³-hybridized carbons (Fsp3) is 0.312. The number of hydrogen-bond donors (Lipinski definition) is 1. The Bertz CT molecular complexity index is 1400. The lowest BCUT2D eigenvalue weighted by Gasteiger charge is -2.29. The van der Waals surface area contributed by atoms with Crippen molar-refractivity contribution in [2.45, 2.75) is 26.0 Å². The van der Waals surface area contributed by atoms with Crippen molar-refractivity contribution in [1.82, 2.24) is 9.80 Å². The van der Waals surface area contributed by atoms with Gasteiger partial charge in [0.25, 0.3) is 11.7 Å². The van der Waals surface area contributed by atoms with Gasteiger partial charge in [-0.2, -0.15) is 0 Å². The summed E-state index contributed by atoms with van der Waals surface area (Å²) in [5, 5.41) is 11.5. The fourth-order valence-electron chi connectivity index (χ4n) is 5.30. The summed E-state index contributed by atoms with van der Waals surface area (Å²) >= 11 is 3.52. The number of benzene rings is 3. The molecule has 1 amide bonds. The first-order chi connectivity index (χ1) is 19.4. The molecule has 1 N–H and O–H groups in total. The second kappa shape index (κ2) is 12.8. The first kappa shape index (κ1) is 28.1. The van der Waals surface area contributed by atoms with E-state index in [1.54, 1.807) is 17.0 Å². The van der Waals surface area contributed by atoms with Gasteiger partial charge in [-0.25, -0.2) is 0 Å². The zero-order valence-corrected chi connectivity index (χ0v) is 24.1. The van der Waals surface area contributed by atoms with Crippen LogP contribution in [0.1, 0.15) is 34.7 Å². The van der Waals surface area contributed by atoms with E-state index in [1.165, 1.54) is 0 Å². The number of Topliss-reactive ketones (excluding diaryl/α,β-unsaturated/α-hetero) is 1. The van der Waals surface area contributed by atoms with Gasteiger partial charge in [0.15, 0.2) is 0 Å². The zero-order chi connectivity index (χ0) is 28.1. The van der Waals surface area contributed by atoms with Crippen LogP contribution in [0.2, 0.25) is 0 Å². The summed E-state index contributed by atoms with van der Waals surface area (Å²) in [6.07, 6.45) is 0.712. The molecule has 2 heterocycles. The van der Waals surface area contributed by atoms with E-state index in [4.69, 9.17) is 9.47 Å². The lowest BCUT2D eigenvalue weighted by atomic mass is 9.94. The number of morpholine rings is 1. The van der Waals surface area contributed by atoms with E-state index in [0.29, 0.717) is 44.1 Å². The van der Waals surface area contributed by atoms with Crippen LogP contribution in [0.25, 0.3) is 5.76 Å². The quantitative estimate of drug-likeness (QED) is 0.198. The van der Waals surface area contributed by atoms with Crippen molar-refractivity contribution >= 4 is 33.4 Å². The molecular formula is C32H33BrN2O5. The van der Waals surface area contributed by atoms with Gasteiger partial charge in [0, 0.05) is 36.2 Å². The molecule has 2 fully saturated rings. The predicted octanol–water partition coefficient (Wildman–Crippen LogP) is 5.48. The maximum atomic E-state index is 13.4. The number of aryl methyl sites for hydroxylation is 1. The second-order valence-electron chi connectivity index (χ2n) is 10.1. The number of ether oxygens (including phenoxy) is 2. The van der Waals surface area contributed by atoms with Gasteiger partial charge in [-0.3, -0.25) is 14.5 Å². The number of carbonyl (C=O) groups is 2. The lowest BCUT2D eigenvalue weighted by Crippen LogP contribution is -2.38. The van der Waals surface area contributed by atoms with Gasteiger partial charge in [0.2, 0.25) is 0 Å². The number of nitrogens with zero attached hydrogens (tertiary/aromatic N) is 2. The third-order valence-electron chi connectivity index (χ3n) is 7.38. The topological polar surface area (TPSA) is 79.3 Å². The van der Waals surface area contributed by atoms with Gasteiger partial charge in [-0.1, -0.05) is 58.4 Å². The first-order valence-corrected chi connectivity index (χ1v) is 14.3. The second-order valence-corrected chi connectivity index (χ2v) is 11.0. The SMILES string of the molecule is Cc1cc(OCc2ccccc2)ccc1C(O)=C1C(=O)C(=O)N(CCCN2CCOCC2)[C@@H]1c1cccc(Br)c1. The van der Waals surface area contributed by atoms with Gasteiger partial charge < -0.3 is 19.5 Å². The molecule has 7 nitrogen and oxygen atoms in total. The summed E-state index contributed by atoms with van der Waals surface area (Å²) in [6, 6.07) is 22.1. The molecule has 2 saturated heterocycles. The number of carbonyl (C=O) groups excluding carboxylic acids is 2. The molecule has 5 rings (SSSR count). The van der Waals surface area contributed by atoms with Crippen LogP contribution in [0.5, 0.6) is 5.75 Å². The minimum Gasteiger partial charge on any atom is -0.507 e. The van der Waals surface area contributed by atoms with Crippen LogP contribution in [0, 0.1) is 6.92 Å². The van der Waals surface area contributed by atoms with Crippen LogP contribution in [-0.2, 0) is 20.9 Å². The number of rotatable bonds is 9. The fourth-order valence-corrected chi connectivity index (χ4v) is 5.72. The van der Waals surface area contributed by atoms with Crippen LogP contribution in [0.4, 0.5) is 0 Å². The van der Waals surface area contributed by atoms with Gasteiger partial charge in [-0.05, 0) is 60.4 Å². The number of hydrogen-bond acceptors (Lipinski definition) is 6. The highest BCUT2D eigenvalue weighted by Gasteiger charge is 2.46. The van der Waals surface area contributed by atoms with Crippen molar-refractivity contribution in [3.63, 3.8) is 0 Å². The summed E-state index contributed by atoms with van der Waals surface area (Å²) in [7, 11) is 0. The minimum atomic E-state index is -0.685. The number of aliphatic hydroxyl groups is 1. The lowest BCUT2D eigenvalue weighted by molar-refractivity contribution is -0.140. The maximum Gasteiger partial charge on any atom is 0.295 e. The van der Waals surface area contributed by atoms with Crippen molar-refractivity contribution in [2.75, 3.05) is 39.4 Å². The molecule has 40 heavy (non-hydrogen) atoms. The molecule has 0 aromatic heterocycles. The zero-order valence-electron chi connectivity index (χ0n) is 22.5. The van der Waals surface area contributed by atoms with Crippen LogP contribution >= 0.6 is 15.9 Å². The van der Waals surface area contributed by atoms with Crippen LogP contribution in [0.15, 0.2) is 82.8 Å². The van der Waals surface area contributed by atoms with E-state index >= 15 is 0 Å². The third-order valence-corrected chi connectivity index (χ3v) is 7.88. The largest absolute Gasteiger partial charge is 0.507 e. The Morgan fingerprint density at radius 3 is 2.50 bits per heavy atom. The summed E-state index contributed by atoms with van der Waals surface area (Å²) < 4.78 is 12.2. The number of amides is 1.